The highest BCUT2D eigenvalue weighted by Gasteiger charge is 2.10. The van der Waals surface area contributed by atoms with Crippen LogP contribution in [-0.4, -0.2) is 54.0 Å². The number of amides is 1. The number of anilines is 1. The molecule has 0 bridgehead atoms. The molecule has 0 aliphatic rings. The van der Waals surface area contributed by atoms with Crippen LogP contribution in [0.4, 0.5) is 5.82 Å². The molecule has 0 aliphatic carbocycles. The van der Waals surface area contributed by atoms with E-state index in [1.807, 2.05) is 27.9 Å². The van der Waals surface area contributed by atoms with Crippen LogP contribution >= 0.6 is 0 Å². The molecule has 0 spiro atoms. The van der Waals surface area contributed by atoms with Crippen LogP contribution in [0, 0.1) is 0 Å². The lowest BCUT2D eigenvalue weighted by Crippen LogP contribution is -2.32. The predicted octanol–water partition coefficient (Wildman–Crippen LogP) is 0.978. The Morgan fingerprint density at radius 3 is 2.63 bits per heavy atom. The Morgan fingerprint density at radius 1 is 1.37 bits per heavy atom. The van der Waals surface area contributed by atoms with Gasteiger partial charge < -0.3 is 15.5 Å². The van der Waals surface area contributed by atoms with Gasteiger partial charge >= 0.3 is 0 Å². The third-order valence-electron chi connectivity index (χ3n) is 2.74. The Balaban J connectivity index is 2.49. The van der Waals surface area contributed by atoms with Crippen LogP contribution in [0.5, 0.6) is 0 Å². The molecule has 6 heteroatoms. The molecular weight excluding hydrogens is 242 g/mol. The second-order valence-electron chi connectivity index (χ2n) is 4.80. The van der Waals surface area contributed by atoms with Gasteiger partial charge in [0.25, 0.3) is 5.91 Å². The lowest BCUT2D eigenvalue weighted by molar-refractivity contribution is 0.0934. The normalized spacial score (nSPS) is 12.3. The van der Waals surface area contributed by atoms with Crippen molar-refractivity contribution >= 4 is 11.7 Å². The maximum absolute atomic E-state index is 11.8. The van der Waals surface area contributed by atoms with Gasteiger partial charge in [0.05, 0.1) is 12.4 Å². The van der Waals surface area contributed by atoms with Crippen molar-refractivity contribution in [1.29, 1.82) is 0 Å². The first-order valence-electron chi connectivity index (χ1n) is 6.54. The fourth-order valence-corrected chi connectivity index (χ4v) is 1.34. The van der Waals surface area contributed by atoms with Crippen LogP contribution in [0.15, 0.2) is 12.4 Å². The average Bonchev–Trinajstić information content (AvgIpc) is 2.38. The van der Waals surface area contributed by atoms with Gasteiger partial charge in [-0.05, 0) is 27.4 Å². The number of aromatic nitrogens is 2. The van der Waals surface area contributed by atoms with Crippen molar-refractivity contribution in [3.05, 3.63) is 18.1 Å². The molecule has 2 N–H and O–H groups in total. The second-order valence-corrected chi connectivity index (χ2v) is 4.80. The average molecular weight is 265 g/mol. The molecule has 0 saturated carbocycles. The standard InChI is InChI=1S/C13H23N5O/c1-5-10(2)17-13(19)11-8-16-12(9-15-11)14-6-7-18(3)4/h8-10H,5-7H2,1-4H3,(H,14,16)(H,17,19). The quantitative estimate of drug-likeness (QED) is 0.769. The van der Waals surface area contributed by atoms with Crippen molar-refractivity contribution in [1.82, 2.24) is 20.2 Å². The van der Waals surface area contributed by atoms with Crippen molar-refractivity contribution in [3.8, 4) is 0 Å². The van der Waals surface area contributed by atoms with E-state index in [-0.39, 0.29) is 11.9 Å². The molecule has 19 heavy (non-hydrogen) atoms. The highest BCUT2D eigenvalue weighted by Crippen LogP contribution is 2.01. The number of hydrogen-bond donors (Lipinski definition) is 2. The second kappa shape index (κ2) is 7.68. The molecule has 1 atom stereocenters. The SMILES string of the molecule is CCC(C)NC(=O)c1cnc(NCCN(C)C)cn1. The van der Waals surface area contributed by atoms with Crippen molar-refractivity contribution in [2.45, 2.75) is 26.3 Å². The van der Waals surface area contributed by atoms with E-state index in [1.165, 1.54) is 6.20 Å². The molecule has 0 fully saturated rings. The zero-order valence-corrected chi connectivity index (χ0v) is 12.1. The van der Waals surface area contributed by atoms with Crippen molar-refractivity contribution < 1.29 is 4.79 Å². The first-order valence-corrected chi connectivity index (χ1v) is 6.54. The van der Waals surface area contributed by atoms with E-state index in [2.05, 4.69) is 25.5 Å². The van der Waals surface area contributed by atoms with Gasteiger partial charge in [0.15, 0.2) is 0 Å². The Labute approximate surface area is 114 Å². The Bertz CT molecular complexity index is 391. The summed E-state index contributed by atoms with van der Waals surface area (Å²) in [7, 11) is 4.02. The van der Waals surface area contributed by atoms with Crippen LogP contribution in [0.1, 0.15) is 30.8 Å². The number of hydrogen-bond acceptors (Lipinski definition) is 5. The summed E-state index contributed by atoms with van der Waals surface area (Å²) in [4.78, 5) is 22.2. The summed E-state index contributed by atoms with van der Waals surface area (Å²) >= 11 is 0. The highest BCUT2D eigenvalue weighted by molar-refractivity contribution is 5.92. The van der Waals surface area contributed by atoms with Crippen LogP contribution in [0.3, 0.4) is 0 Å². The van der Waals surface area contributed by atoms with Crippen LogP contribution < -0.4 is 10.6 Å². The van der Waals surface area contributed by atoms with Crippen LogP contribution in [0.2, 0.25) is 0 Å². The molecule has 0 saturated heterocycles. The molecule has 106 valence electrons. The number of carbonyl (C=O) groups excluding carboxylic acids is 1. The summed E-state index contributed by atoms with van der Waals surface area (Å²) in [5.74, 6) is 0.503. The smallest absolute Gasteiger partial charge is 0.271 e. The van der Waals surface area contributed by atoms with E-state index >= 15 is 0 Å². The zero-order chi connectivity index (χ0) is 14.3. The fraction of sp³-hybridized carbons (Fsp3) is 0.615. The van der Waals surface area contributed by atoms with E-state index in [1.54, 1.807) is 6.20 Å². The monoisotopic (exact) mass is 265 g/mol. The zero-order valence-electron chi connectivity index (χ0n) is 12.1. The van der Waals surface area contributed by atoms with E-state index in [9.17, 15) is 4.79 Å². The van der Waals surface area contributed by atoms with E-state index in [0.29, 0.717) is 11.5 Å². The van der Waals surface area contributed by atoms with Gasteiger partial charge in [-0.2, -0.15) is 0 Å². The maximum Gasteiger partial charge on any atom is 0.271 e. The third-order valence-corrected chi connectivity index (χ3v) is 2.74. The van der Waals surface area contributed by atoms with Gasteiger partial charge in [0, 0.05) is 19.1 Å². The molecule has 1 heterocycles. The van der Waals surface area contributed by atoms with Gasteiger partial charge in [0.1, 0.15) is 11.5 Å². The summed E-state index contributed by atoms with van der Waals surface area (Å²) in [5, 5.41) is 6.00. The summed E-state index contributed by atoms with van der Waals surface area (Å²) in [5.41, 5.74) is 0.346. The largest absolute Gasteiger partial charge is 0.368 e. The highest BCUT2D eigenvalue weighted by atomic mass is 16.1. The molecule has 1 unspecified atom stereocenters. The Hall–Kier alpha value is -1.69. The molecule has 0 radical (unpaired) electrons. The molecular formula is C13H23N5O. The van der Waals surface area contributed by atoms with Gasteiger partial charge in [-0.1, -0.05) is 6.92 Å². The lowest BCUT2D eigenvalue weighted by atomic mass is 10.2. The Kier molecular flexibility index (Phi) is 6.21. The topological polar surface area (TPSA) is 70.2 Å². The van der Waals surface area contributed by atoms with Crippen LogP contribution in [-0.2, 0) is 0 Å². The number of rotatable bonds is 7. The first-order chi connectivity index (χ1) is 9.02. The summed E-state index contributed by atoms with van der Waals surface area (Å²) in [6.07, 6.45) is 3.97. The molecule has 1 aromatic heterocycles. The van der Waals surface area contributed by atoms with Crippen LogP contribution in [0.25, 0.3) is 0 Å². The Morgan fingerprint density at radius 2 is 2.11 bits per heavy atom. The van der Waals surface area contributed by atoms with Crippen molar-refractivity contribution in [2.75, 3.05) is 32.5 Å². The molecule has 1 amide bonds. The fourth-order valence-electron chi connectivity index (χ4n) is 1.34. The summed E-state index contributed by atoms with van der Waals surface area (Å²) in [6.45, 7) is 5.69. The third kappa shape index (κ3) is 5.65. The van der Waals surface area contributed by atoms with Gasteiger partial charge in [-0.3, -0.25) is 4.79 Å². The lowest BCUT2D eigenvalue weighted by Gasteiger charge is -2.12. The minimum atomic E-state index is -0.179. The van der Waals surface area contributed by atoms with E-state index < -0.39 is 0 Å². The predicted molar refractivity (Wildman–Crippen MR) is 76.3 cm³/mol. The van der Waals surface area contributed by atoms with Gasteiger partial charge in [-0.15, -0.1) is 0 Å². The minimum Gasteiger partial charge on any atom is -0.368 e. The molecule has 6 nitrogen and oxygen atoms in total. The number of nitrogens with one attached hydrogen (secondary N) is 2. The maximum atomic E-state index is 11.8. The van der Waals surface area contributed by atoms with Gasteiger partial charge in [-0.25, -0.2) is 9.97 Å². The van der Waals surface area contributed by atoms with Crippen molar-refractivity contribution in [2.24, 2.45) is 0 Å². The summed E-state index contributed by atoms with van der Waals surface area (Å²) < 4.78 is 0. The molecule has 0 aromatic carbocycles. The van der Waals surface area contributed by atoms with Crippen molar-refractivity contribution in [3.63, 3.8) is 0 Å². The minimum absolute atomic E-state index is 0.146. The van der Waals surface area contributed by atoms with E-state index in [4.69, 9.17) is 0 Å². The molecule has 1 rings (SSSR count). The molecule has 0 aliphatic heterocycles. The molecule has 1 aromatic rings. The van der Waals surface area contributed by atoms with Gasteiger partial charge in [0.2, 0.25) is 0 Å². The number of carbonyl (C=O) groups is 1. The number of likely N-dealkylation sites (N-methyl/N-ethyl adjacent to an activating group) is 1. The number of nitrogens with zero attached hydrogens (tertiary/aromatic N) is 3. The van der Waals surface area contributed by atoms with E-state index in [0.717, 1.165) is 19.5 Å². The first kappa shape index (κ1) is 15.4. The summed E-state index contributed by atoms with van der Waals surface area (Å²) in [6, 6.07) is 0.146.